The van der Waals surface area contributed by atoms with Gasteiger partial charge in [0.2, 0.25) is 5.82 Å². The van der Waals surface area contributed by atoms with Crippen molar-refractivity contribution in [1.82, 2.24) is 20.2 Å². The predicted octanol–water partition coefficient (Wildman–Crippen LogP) is 3.31. The summed E-state index contributed by atoms with van der Waals surface area (Å²) in [6.07, 6.45) is 0. The Labute approximate surface area is 153 Å². The van der Waals surface area contributed by atoms with Gasteiger partial charge in [-0.05, 0) is 36.4 Å². The topological polar surface area (TPSA) is 81.9 Å². The van der Waals surface area contributed by atoms with Crippen LogP contribution in [0.1, 0.15) is 13.0 Å². The number of tetrazole rings is 1. The molecule has 3 aromatic rings. The number of hydrogen-bond donors (Lipinski definition) is 1. The highest BCUT2D eigenvalue weighted by Gasteiger charge is 2.19. The maximum absolute atomic E-state index is 12.4. The molecule has 1 amide bonds. The van der Waals surface area contributed by atoms with E-state index in [1.54, 1.807) is 32.2 Å². The average molecular weight is 402 g/mol. The Hall–Kier alpha value is -2.74. The number of carbonyl (C=O) groups excluding carboxylic acids is 1. The number of anilines is 1. The molecule has 0 fully saturated rings. The van der Waals surface area contributed by atoms with E-state index >= 15 is 0 Å². The molecule has 1 heterocycles. The number of halogens is 1. The normalized spacial score (nSPS) is 11.8. The largest absolute Gasteiger partial charge is 0.497 e. The summed E-state index contributed by atoms with van der Waals surface area (Å²) < 4.78 is 6.01. The van der Waals surface area contributed by atoms with Crippen LogP contribution >= 0.6 is 15.9 Å². The van der Waals surface area contributed by atoms with Crippen molar-refractivity contribution >= 4 is 27.5 Å². The maximum Gasteiger partial charge on any atom is 0.250 e. The molecular weight excluding hydrogens is 386 g/mol. The van der Waals surface area contributed by atoms with Gasteiger partial charge in [-0.1, -0.05) is 34.1 Å². The Balaban J connectivity index is 1.75. The molecule has 1 N–H and O–H groups in total. The maximum atomic E-state index is 12.4. The quantitative estimate of drug-likeness (QED) is 0.708. The molecule has 128 valence electrons. The number of nitrogens with one attached hydrogen (secondary N) is 1. The number of methoxy groups -OCH3 is 1. The summed E-state index contributed by atoms with van der Waals surface area (Å²) >= 11 is 3.46. The van der Waals surface area contributed by atoms with Gasteiger partial charge in [0.15, 0.2) is 0 Å². The Morgan fingerprint density at radius 1 is 1.24 bits per heavy atom. The first kappa shape index (κ1) is 17.1. The lowest BCUT2D eigenvalue weighted by Gasteiger charge is -2.11. The molecule has 2 aromatic carbocycles. The van der Waals surface area contributed by atoms with Crippen LogP contribution in [0, 0.1) is 0 Å². The van der Waals surface area contributed by atoms with Crippen LogP contribution in [0.15, 0.2) is 53.0 Å². The Bertz CT molecular complexity index is 896. The van der Waals surface area contributed by atoms with Crippen molar-refractivity contribution in [2.24, 2.45) is 0 Å². The number of hydrogen-bond acceptors (Lipinski definition) is 5. The van der Waals surface area contributed by atoms with Gasteiger partial charge in [-0.25, -0.2) is 0 Å². The van der Waals surface area contributed by atoms with Crippen LogP contribution in [0.4, 0.5) is 5.69 Å². The van der Waals surface area contributed by atoms with Crippen LogP contribution in [0.5, 0.6) is 5.75 Å². The minimum Gasteiger partial charge on any atom is -0.497 e. The predicted molar refractivity (Wildman–Crippen MR) is 97.3 cm³/mol. The molecule has 0 bridgehead atoms. The Morgan fingerprint density at radius 2 is 2.04 bits per heavy atom. The molecule has 0 aliphatic rings. The number of carbonyl (C=O) groups is 1. The first-order valence-electron chi connectivity index (χ1n) is 7.58. The fraction of sp³-hybridized carbons (Fsp3) is 0.176. The minimum absolute atomic E-state index is 0.246. The van der Waals surface area contributed by atoms with Crippen molar-refractivity contribution in [3.8, 4) is 17.1 Å². The Kier molecular flexibility index (Phi) is 5.08. The van der Waals surface area contributed by atoms with E-state index in [2.05, 4.69) is 36.7 Å². The molecule has 1 aromatic heterocycles. The molecule has 1 atom stereocenters. The zero-order valence-corrected chi connectivity index (χ0v) is 15.3. The van der Waals surface area contributed by atoms with Crippen LogP contribution < -0.4 is 10.1 Å². The van der Waals surface area contributed by atoms with Gasteiger partial charge in [-0.15, -0.1) is 10.2 Å². The summed E-state index contributed by atoms with van der Waals surface area (Å²) in [6.45, 7) is 1.71. The highest BCUT2D eigenvalue weighted by atomic mass is 79.9. The van der Waals surface area contributed by atoms with Crippen molar-refractivity contribution in [2.75, 3.05) is 12.4 Å². The molecule has 0 radical (unpaired) electrons. The molecule has 3 rings (SSSR count). The van der Waals surface area contributed by atoms with E-state index in [4.69, 9.17) is 4.74 Å². The van der Waals surface area contributed by atoms with E-state index in [0.29, 0.717) is 17.3 Å². The number of ether oxygens (including phenoxy) is 1. The van der Waals surface area contributed by atoms with E-state index in [1.807, 2.05) is 30.3 Å². The van der Waals surface area contributed by atoms with Gasteiger partial charge in [0, 0.05) is 21.8 Å². The molecule has 0 unspecified atom stereocenters. The third-order valence-corrected chi connectivity index (χ3v) is 4.30. The number of benzene rings is 2. The van der Waals surface area contributed by atoms with Gasteiger partial charge >= 0.3 is 0 Å². The Morgan fingerprint density at radius 3 is 2.80 bits per heavy atom. The first-order chi connectivity index (χ1) is 12.1. The highest BCUT2D eigenvalue weighted by Crippen LogP contribution is 2.24. The molecule has 7 nitrogen and oxygen atoms in total. The monoisotopic (exact) mass is 401 g/mol. The molecule has 25 heavy (non-hydrogen) atoms. The fourth-order valence-corrected chi connectivity index (χ4v) is 2.65. The molecular formula is C17H16BrN5O2. The summed E-state index contributed by atoms with van der Waals surface area (Å²) in [5.41, 5.74) is 1.46. The first-order valence-corrected chi connectivity index (χ1v) is 8.37. The van der Waals surface area contributed by atoms with Crippen LogP contribution in [-0.2, 0) is 4.79 Å². The van der Waals surface area contributed by atoms with Crippen LogP contribution in [0.25, 0.3) is 11.4 Å². The molecule has 0 spiro atoms. The van der Waals surface area contributed by atoms with E-state index in [-0.39, 0.29) is 5.91 Å². The SMILES string of the molecule is COc1cccc(NC(=O)[C@@H](C)n2nnc(-c3ccccc3Br)n2)c1. The third kappa shape index (κ3) is 3.85. The zero-order valence-electron chi connectivity index (χ0n) is 13.7. The molecule has 0 aliphatic carbocycles. The van der Waals surface area contributed by atoms with Gasteiger partial charge in [0.1, 0.15) is 11.8 Å². The number of rotatable bonds is 5. The van der Waals surface area contributed by atoms with Crippen molar-refractivity contribution < 1.29 is 9.53 Å². The van der Waals surface area contributed by atoms with E-state index < -0.39 is 6.04 Å². The number of amides is 1. The number of nitrogens with zero attached hydrogens (tertiary/aromatic N) is 4. The summed E-state index contributed by atoms with van der Waals surface area (Å²) in [7, 11) is 1.58. The fourth-order valence-electron chi connectivity index (χ4n) is 2.19. The summed E-state index contributed by atoms with van der Waals surface area (Å²) in [6, 6.07) is 14.1. The second-order valence-electron chi connectivity index (χ2n) is 5.31. The lowest BCUT2D eigenvalue weighted by atomic mass is 10.2. The van der Waals surface area contributed by atoms with Gasteiger partial charge in [-0.2, -0.15) is 4.80 Å². The van der Waals surface area contributed by atoms with Crippen LogP contribution in [-0.4, -0.2) is 33.2 Å². The molecule has 0 aliphatic heterocycles. The van der Waals surface area contributed by atoms with Crippen molar-refractivity contribution in [3.05, 3.63) is 53.0 Å². The molecule has 0 saturated carbocycles. The van der Waals surface area contributed by atoms with Gasteiger partial charge in [0.05, 0.1) is 7.11 Å². The van der Waals surface area contributed by atoms with Gasteiger partial charge < -0.3 is 10.1 Å². The summed E-state index contributed by atoms with van der Waals surface area (Å²) in [5, 5.41) is 15.2. The lowest BCUT2D eigenvalue weighted by Crippen LogP contribution is -2.25. The smallest absolute Gasteiger partial charge is 0.250 e. The second-order valence-corrected chi connectivity index (χ2v) is 6.16. The third-order valence-electron chi connectivity index (χ3n) is 3.61. The van der Waals surface area contributed by atoms with Crippen molar-refractivity contribution in [2.45, 2.75) is 13.0 Å². The highest BCUT2D eigenvalue weighted by molar-refractivity contribution is 9.10. The summed E-state index contributed by atoms with van der Waals surface area (Å²) in [5.74, 6) is 0.874. The zero-order chi connectivity index (χ0) is 17.8. The summed E-state index contributed by atoms with van der Waals surface area (Å²) in [4.78, 5) is 13.7. The molecule has 0 saturated heterocycles. The second kappa shape index (κ2) is 7.43. The van der Waals surface area contributed by atoms with Gasteiger partial charge in [0.25, 0.3) is 5.91 Å². The number of aromatic nitrogens is 4. The minimum atomic E-state index is -0.616. The standard InChI is InChI=1S/C17H16BrN5O2/c1-11(17(24)19-12-6-5-7-13(10-12)25-2)23-21-16(20-22-23)14-8-3-4-9-15(14)18/h3-11H,1-2H3,(H,19,24)/t11-/m1/s1. The van der Waals surface area contributed by atoms with Gasteiger partial charge in [-0.3, -0.25) is 4.79 Å². The van der Waals surface area contributed by atoms with Crippen molar-refractivity contribution in [1.29, 1.82) is 0 Å². The molecule has 8 heteroatoms. The van der Waals surface area contributed by atoms with Crippen molar-refractivity contribution in [3.63, 3.8) is 0 Å². The van der Waals surface area contributed by atoms with E-state index in [0.717, 1.165) is 10.0 Å². The average Bonchev–Trinajstić information content (AvgIpc) is 3.11. The lowest BCUT2D eigenvalue weighted by molar-refractivity contribution is -0.119. The van der Waals surface area contributed by atoms with Crippen LogP contribution in [0.3, 0.4) is 0 Å². The van der Waals surface area contributed by atoms with Crippen LogP contribution in [0.2, 0.25) is 0 Å². The van der Waals surface area contributed by atoms with E-state index in [1.165, 1.54) is 4.80 Å². The van der Waals surface area contributed by atoms with E-state index in [9.17, 15) is 4.79 Å².